The molecule has 5 nitrogen and oxygen atoms in total. The zero-order chi connectivity index (χ0) is 15.2. The smallest absolute Gasteiger partial charge is 0.240 e. The van der Waals surface area contributed by atoms with Crippen molar-refractivity contribution in [2.75, 3.05) is 31.9 Å². The Morgan fingerprint density at radius 3 is 2.45 bits per heavy atom. The highest BCUT2D eigenvalue weighted by atomic mass is 32.2. The number of benzene rings is 1. The molecule has 1 aromatic carbocycles. The molecule has 0 aliphatic carbocycles. The fourth-order valence-corrected chi connectivity index (χ4v) is 3.01. The molecule has 0 unspecified atom stereocenters. The number of halogens is 1. The third-order valence-corrected chi connectivity index (χ3v) is 4.48. The minimum absolute atomic E-state index is 0.0912. The second kappa shape index (κ2) is 7.56. The van der Waals surface area contributed by atoms with E-state index in [2.05, 4.69) is 23.5 Å². The van der Waals surface area contributed by atoms with Gasteiger partial charge in [0.05, 0.1) is 4.90 Å². The lowest BCUT2D eigenvalue weighted by Gasteiger charge is -2.17. The van der Waals surface area contributed by atoms with Crippen LogP contribution in [0.15, 0.2) is 23.1 Å². The summed E-state index contributed by atoms with van der Waals surface area (Å²) in [6.45, 7) is 7.12. The van der Waals surface area contributed by atoms with Gasteiger partial charge in [0, 0.05) is 12.2 Å². The van der Waals surface area contributed by atoms with Crippen LogP contribution in [0.4, 0.5) is 10.1 Å². The Morgan fingerprint density at radius 1 is 1.25 bits per heavy atom. The molecular formula is C13H22FN3O2S. The molecule has 114 valence electrons. The van der Waals surface area contributed by atoms with Gasteiger partial charge in [-0.15, -0.1) is 0 Å². The van der Waals surface area contributed by atoms with Crippen LogP contribution in [0.3, 0.4) is 0 Å². The van der Waals surface area contributed by atoms with E-state index in [4.69, 9.17) is 5.73 Å². The highest BCUT2D eigenvalue weighted by molar-refractivity contribution is 7.89. The normalized spacial score (nSPS) is 12.0. The molecule has 0 fully saturated rings. The number of sulfonamides is 1. The van der Waals surface area contributed by atoms with Gasteiger partial charge < -0.3 is 10.6 Å². The van der Waals surface area contributed by atoms with Crippen molar-refractivity contribution in [1.29, 1.82) is 0 Å². The standard InChI is InChI=1S/C13H22FN3O2S/c1-3-17(4-2)7-5-6-16-20(18,19)13-9-11(14)8-12(15)10-13/h8-10,16H,3-7,15H2,1-2H3. The average Bonchev–Trinajstić information content (AvgIpc) is 2.38. The zero-order valence-corrected chi connectivity index (χ0v) is 12.7. The molecule has 0 atom stereocenters. The molecule has 20 heavy (non-hydrogen) atoms. The fourth-order valence-electron chi connectivity index (χ4n) is 1.87. The molecular weight excluding hydrogens is 281 g/mol. The van der Waals surface area contributed by atoms with Gasteiger partial charge in [-0.2, -0.15) is 0 Å². The van der Waals surface area contributed by atoms with Crippen LogP contribution in [-0.4, -0.2) is 39.5 Å². The van der Waals surface area contributed by atoms with Gasteiger partial charge in [0.1, 0.15) is 5.82 Å². The van der Waals surface area contributed by atoms with Gasteiger partial charge in [0.2, 0.25) is 10.0 Å². The SMILES string of the molecule is CCN(CC)CCCNS(=O)(=O)c1cc(N)cc(F)c1. The summed E-state index contributed by atoms with van der Waals surface area (Å²) in [6.07, 6.45) is 0.700. The quantitative estimate of drug-likeness (QED) is 0.562. The predicted molar refractivity (Wildman–Crippen MR) is 78.4 cm³/mol. The largest absolute Gasteiger partial charge is 0.399 e. The van der Waals surface area contributed by atoms with Crippen molar-refractivity contribution in [3.63, 3.8) is 0 Å². The van der Waals surface area contributed by atoms with E-state index in [0.717, 1.165) is 31.8 Å². The van der Waals surface area contributed by atoms with Gasteiger partial charge in [0.15, 0.2) is 0 Å². The first-order chi connectivity index (χ1) is 9.39. The van der Waals surface area contributed by atoms with E-state index in [9.17, 15) is 12.8 Å². The van der Waals surface area contributed by atoms with E-state index in [1.54, 1.807) is 0 Å². The molecule has 0 aromatic heterocycles. The van der Waals surface area contributed by atoms with Crippen LogP contribution in [0.5, 0.6) is 0 Å². The minimum atomic E-state index is -3.71. The number of nitrogen functional groups attached to an aromatic ring is 1. The molecule has 7 heteroatoms. The van der Waals surface area contributed by atoms with Crippen LogP contribution in [0, 0.1) is 5.82 Å². The summed E-state index contributed by atoms with van der Waals surface area (Å²) in [7, 11) is -3.71. The van der Waals surface area contributed by atoms with Crippen LogP contribution < -0.4 is 10.5 Å². The molecule has 0 amide bonds. The van der Waals surface area contributed by atoms with E-state index >= 15 is 0 Å². The molecule has 0 heterocycles. The molecule has 0 radical (unpaired) electrons. The Morgan fingerprint density at radius 2 is 1.90 bits per heavy atom. The first-order valence-corrected chi connectivity index (χ1v) is 8.15. The van der Waals surface area contributed by atoms with Gasteiger partial charge in [-0.1, -0.05) is 13.8 Å². The Bertz CT molecular complexity index is 510. The maximum Gasteiger partial charge on any atom is 0.240 e. The Hall–Kier alpha value is -1.18. The zero-order valence-electron chi connectivity index (χ0n) is 11.9. The first-order valence-electron chi connectivity index (χ1n) is 6.67. The van der Waals surface area contributed by atoms with Gasteiger partial charge >= 0.3 is 0 Å². The van der Waals surface area contributed by atoms with Crippen molar-refractivity contribution in [2.24, 2.45) is 0 Å². The predicted octanol–water partition coefficient (Wildman–Crippen LogP) is 1.42. The molecule has 0 aliphatic heterocycles. The fraction of sp³-hybridized carbons (Fsp3) is 0.538. The van der Waals surface area contributed by atoms with Crippen molar-refractivity contribution >= 4 is 15.7 Å². The Kier molecular flexibility index (Phi) is 6.38. The lowest BCUT2D eigenvalue weighted by molar-refractivity contribution is 0.300. The van der Waals surface area contributed by atoms with E-state index in [0.29, 0.717) is 13.0 Å². The van der Waals surface area contributed by atoms with Crippen LogP contribution in [0.25, 0.3) is 0 Å². The number of nitrogens with two attached hydrogens (primary N) is 1. The molecule has 1 rings (SSSR count). The number of nitrogens with one attached hydrogen (secondary N) is 1. The molecule has 0 saturated carbocycles. The topological polar surface area (TPSA) is 75.4 Å². The maximum atomic E-state index is 13.2. The molecule has 0 bridgehead atoms. The second-order valence-electron chi connectivity index (χ2n) is 4.50. The van der Waals surface area contributed by atoms with Gasteiger partial charge in [-0.25, -0.2) is 17.5 Å². The summed E-state index contributed by atoms with van der Waals surface area (Å²) in [6, 6.07) is 3.29. The van der Waals surface area contributed by atoms with Crippen molar-refractivity contribution in [3.8, 4) is 0 Å². The molecule has 0 saturated heterocycles. The number of hydrogen-bond acceptors (Lipinski definition) is 4. The monoisotopic (exact) mass is 303 g/mol. The molecule has 3 N–H and O–H groups in total. The molecule has 1 aromatic rings. The maximum absolute atomic E-state index is 13.2. The lowest BCUT2D eigenvalue weighted by Crippen LogP contribution is -2.30. The number of anilines is 1. The van der Waals surface area contributed by atoms with Gasteiger partial charge in [-0.05, 0) is 44.3 Å². The van der Waals surface area contributed by atoms with E-state index in [1.165, 1.54) is 6.07 Å². The second-order valence-corrected chi connectivity index (χ2v) is 6.27. The third-order valence-electron chi connectivity index (χ3n) is 3.04. The van der Waals surface area contributed by atoms with E-state index in [-0.39, 0.29) is 10.6 Å². The third kappa shape index (κ3) is 5.07. The molecule has 0 aliphatic rings. The summed E-state index contributed by atoms with van der Waals surface area (Å²) in [4.78, 5) is 2.06. The number of rotatable bonds is 8. The number of nitrogens with zero attached hydrogens (tertiary/aromatic N) is 1. The van der Waals surface area contributed by atoms with E-state index < -0.39 is 15.8 Å². The van der Waals surface area contributed by atoms with Crippen molar-refractivity contribution in [2.45, 2.75) is 25.2 Å². The highest BCUT2D eigenvalue weighted by Gasteiger charge is 2.15. The number of hydrogen-bond donors (Lipinski definition) is 2. The summed E-state index contributed by atoms with van der Waals surface area (Å²) < 4.78 is 39.6. The summed E-state index contributed by atoms with van der Waals surface area (Å²) in [5.41, 5.74) is 5.54. The highest BCUT2D eigenvalue weighted by Crippen LogP contribution is 2.15. The van der Waals surface area contributed by atoms with E-state index in [1.807, 2.05) is 0 Å². The molecule has 0 spiro atoms. The van der Waals surface area contributed by atoms with Crippen LogP contribution in [0.1, 0.15) is 20.3 Å². The van der Waals surface area contributed by atoms with Crippen LogP contribution >= 0.6 is 0 Å². The van der Waals surface area contributed by atoms with Crippen molar-refractivity contribution < 1.29 is 12.8 Å². The average molecular weight is 303 g/mol. The lowest BCUT2D eigenvalue weighted by atomic mass is 10.3. The van der Waals surface area contributed by atoms with Gasteiger partial charge in [-0.3, -0.25) is 0 Å². The first kappa shape index (κ1) is 16.9. The van der Waals surface area contributed by atoms with Crippen LogP contribution in [-0.2, 0) is 10.0 Å². The summed E-state index contributed by atoms with van der Waals surface area (Å²) in [5, 5.41) is 0. The van der Waals surface area contributed by atoms with Crippen molar-refractivity contribution in [1.82, 2.24) is 9.62 Å². The minimum Gasteiger partial charge on any atom is -0.399 e. The summed E-state index contributed by atoms with van der Waals surface area (Å²) in [5.74, 6) is -0.659. The van der Waals surface area contributed by atoms with Gasteiger partial charge in [0.25, 0.3) is 0 Å². The van der Waals surface area contributed by atoms with Crippen molar-refractivity contribution in [3.05, 3.63) is 24.0 Å². The Balaban J connectivity index is 2.58. The summed E-state index contributed by atoms with van der Waals surface area (Å²) >= 11 is 0. The Labute approximate surface area is 120 Å². The van der Waals surface area contributed by atoms with Crippen LogP contribution in [0.2, 0.25) is 0 Å².